The Hall–Kier alpha value is -2.52. The van der Waals surface area contributed by atoms with Crippen LogP contribution in [-0.2, 0) is 13.1 Å². The van der Waals surface area contributed by atoms with Gasteiger partial charge in [0, 0.05) is 34.0 Å². The highest BCUT2D eigenvalue weighted by Gasteiger charge is 2.26. The predicted molar refractivity (Wildman–Crippen MR) is 141 cm³/mol. The molecule has 5 rings (SSSR count). The molecule has 0 unspecified atom stereocenters. The van der Waals surface area contributed by atoms with Crippen LogP contribution in [0.1, 0.15) is 29.9 Å². The number of likely N-dealkylation sites (tertiary alicyclic amines) is 1. The number of halogens is 2. The zero-order valence-corrected chi connectivity index (χ0v) is 20.2. The summed E-state index contributed by atoms with van der Waals surface area (Å²) in [6.07, 6.45) is 4.12. The molecule has 0 aliphatic carbocycles. The third-order valence-corrected chi connectivity index (χ3v) is 7.47. The largest absolute Gasteiger partial charge is 0.336 e. The number of benzene rings is 3. The van der Waals surface area contributed by atoms with E-state index in [1.165, 1.54) is 27.7 Å². The Morgan fingerprint density at radius 3 is 2.21 bits per heavy atom. The summed E-state index contributed by atoms with van der Waals surface area (Å²) in [5.41, 5.74) is 6.33. The van der Waals surface area contributed by atoms with Crippen LogP contribution in [0.25, 0.3) is 22.2 Å². The van der Waals surface area contributed by atoms with Gasteiger partial charge in [-0.15, -0.1) is 6.58 Å². The van der Waals surface area contributed by atoms with Crippen molar-refractivity contribution in [3.63, 3.8) is 0 Å². The summed E-state index contributed by atoms with van der Waals surface area (Å²) in [5.74, 6) is 0.415. The molecule has 1 aromatic heterocycles. The van der Waals surface area contributed by atoms with Crippen molar-refractivity contribution < 1.29 is 0 Å². The molecular weight excluding hydrogens is 447 g/mol. The van der Waals surface area contributed by atoms with Crippen LogP contribution in [0.2, 0.25) is 10.0 Å². The molecule has 1 fully saturated rings. The normalized spacial score (nSPS) is 15.2. The number of allylic oxidation sites excluding steroid dienone is 1. The number of fused-ring (bicyclic) bond motifs is 1. The lowest BCUT2D eigenvalue weighted by Crippen LogP contribution is -2.32. The molecule has 1 saturated heterocycles. The van der Waals surface area contributed by atoms with Gasteiger partial charge in [-0.25, -0.2) is 0 Å². The van der Waals surface area contributed by atoms with Crippen LogP contribution in [-0.4, -0.2) is 22.6 Å². The Morgan fingerprint density at radius 2 is 1.52 bits per heavy atom. The average molecular weight is 475 g/mol. The van der Waals surface area contributed by atoms with Gasteiger partial charge < -0.3 is 4.57 Å². The predicted octanol–water partition coefficient (Wildman–Crippen LogP) is 8.18. The van der Waals surface area contributed by atoms with E-state index >= 15 is 0 Å². The third-order valence-electron chi connectivity index (χ3n) is 6.81. The second kappa shape index (κ2) is 9.77. The van der Waals surface area contributed by atoms with Crippen LogP contribution in [0.4, 0.5) is 0 Å². The molecule has 4 heteroatoms. The summed E-state index contributed by atoms with van der Waals surface area (Å²) in [6.45, 7) is 7.80. The molecule has 33 heavy (non-hydrogen) atoms. The van der Waals surface area contributed by atoms with Crippen LogP contribution < -0.4 is 0 Å². The SMILES string of the molecule is C=CCn1c(-c2ccccc2)c(CN2CCC(c3c(Cl)cccc3Cl)CC2)c2ccccc21. The fourth-order valence-electron chi connectivity index (χ4n) is 5.28. The van der Waals surface area contributed by atoms with E-state index < -0.39 is 0 Å². The second-order valence-electron chi connectivity index (χ2n) is 8.80. The summed E-state index contributed by atoms with van der Waals surface area (Å²) in [4.78, 5) is 2.58. The molecule has 0 saturated carbocycles. The first kappa shape index (κ1) is 22.3. The van der Waals surface area contributed by atoms with Crippen molar-refractivity contribution in [1.82, 2.24) is 9.47 Å². The van der Waals surface area contributed by atoms with Crippen LogP contribution in [0.3, 0.4) is 0 Å². The maximum absolute atomic E-state index is 6.51. The molecule has 4 aromatic rings. The Kier molecular flexibility index (Phi) is 6.59. The van der Waals surface area contributed by atoms with Gasteiger partial charge in [-0.2, -0.15) is 0 Å². The van der Waals surface area contributed by atoms with Crippen molar-refractivity contribution in [3.05, 3.63) is 107 Å². The minimum absolute atomic E-state index is 0.415. The minimum Gasteiger partial charge on any atom is -0.336 e. The Balaban J connectivity index is 1.47. The minimum atomic E-state index is 0.415. The van der Waals surface area contributed by atoms with Gasteiger partial charge in [0.1, 0.15) is 0 Å². The zero-order valence-electron chi connectivity index (χ0n) is 18.7. The summed E-state index contributed by atoms with van der Waals surface area (Å²) >= 11 is 13.0. The number of piperidine rings is 1. The number of hydrogen-bond donors (Lipinski definition) is 0. The third kappa shape index (κ3) is 4.36. The lowest BCUT2D eigenvalue weighted by atomic mass is 9.89. The monoisotopic (exact) mass is 474 g/mol. The van der Waals surface area contributed by atoms with Gasteiger partial charge in [0.2, 0.25) is 0 Å². The summed E-state index contributed by atoms with van der Waals surface area (Å²) in [6, 6.07) is 25.3. The quantitative estimate of drug-likeness (QED) is 0.255. The van der Waals surface area contributed by atoms with Gasteiger partial charge in [-0.05, 0) is 66.7 Å². The molecule has 0 spiro atoms. The van der Waals surface area contributed by atoms with Crippen molar-refractivity contribution in [3.8, 4) is 11.3 Å². The molecular formula is C29H28Cl2N2. The van der Waals surface area contributed by atoms with Gasteiger partial charge in [0.05, 0.1) is 5.69 Å². The van der Waals surface area contributed by atoms with Crippen LogP contribution in [0.5, 0.6) is 0 Å². The Labute approximate surface area is 206 Å². The fourth-order valence-corrected chi connectivity index (χ4v) is 5.99. The highest BCUT2D eigenvalue weighted by atomic mass is 35.5. The average Bonchev–Trinajstić information content (AvgIpc) is 3.14. The lowest BCUT2D eigenvalue weighted by Gasteiger charge is -2.33. The topological polar surface area (TPSA) is 8.17 Å². The molecule has 0 atom stereocenters. The van der Waals surface area contributed by atoms with E-state index in [-0.39, 0.29) is 0 Å². The van der Waals surface area contributed by atoms with Crippen molar-refractivity contribution in [2.45, 2.75) is 31.8 Å². The maximum atomic E-state index is 6.51. The highest BCUT2D eigenvalue weighted by Crippen LogP contribution is 2.39. The van der Waals surface area contributed by atoms with E-state index in [9.17, 15) is 0 Å². The molecule has 1 aliphatic heterocycles. The van der Waals surface area contributed by atoms with Gasteiger partial charge in [-0.1, -0.05) is 83.9 Å². The maximum Gasteiger partial charge on any atom is 0.0540 e. The van der Waals surface area contributed by atoms with E-state index in [1.54, 1.807) is 0 Å². The molecule has 0 radical (unpaired) electrons. The molecule has 1 aliphatic rings. The standard InChI is InChI=1S/C29H28Cl2N2/c1-2-17-33-27-14-7-6-11-23(27)24(29(33)22-9-4-3-5-10-22)20-32-18-15-21(16-19-32)28-25(30)12-8-13-26(28)31/h2-14,21H,1,15-20H2. The second-order valence-corrected chi connectivity index (χ2v) is 9.61. The first-order valence-corrected chi connectivity index (χ1v) is 12.4. The van der Waals surface area contributed by atoms with Gasteiger partial charge in [0.15, 0.2) is 0 Å². The van der Waals surface area contributed by atoms with E-state index in [2.05, 4.69) is 70.6 Å². The number of para-hydroxylation sites is 1. The molecule has 3 aromatic carbocycles. The molecule has 2 heterocycles. The van der Waals surface area contributed by atoms with Crippen LogP contribution in [0.15, 0.2) is 85.5 Å². The van der Waals surface area contributed by atoms with Crippen molar-refractivity contribution in [2.24, 2.45) is 0 Å². The lowest BCUT2D eigenvalue weighted by molar-refractivity contribution is 0.205. The number of rotatable bonds is 6. The number of nitrogens with zero attached hydrogens (tertiary/aromatic N) is 2. The van der Waals surface area contributed by atoms with Crippen LogP contribution >= 0.6 is 23.2 Å². The van der Waals surface area contributed by atoms with E-state index in [0.29, 0.717) is 5.92 Å². The molecule has 0 N–H and O–H groups in total. The molecule has 168 valence electrons. The van der Waals surface area contributed by atoms with Gasteiger partial charge in [0.25, 0.3) is 0 Å². The van der Waals surface area contributed by atoms with Gasteiger partial charge in [-0.3, -0.25) is 4.90 Å². The molecule has 0 amide bonds. The van der Waals surface area contributed by atoms with Crippen molar-refractivity contribution >= 4 is 34.1 Å². The highest BCUT2D eigenvalue weighted by molar-refractivity contribution is 6.36. The summed E-state index contributed by atoms with van der Waals surface area (Å²) in [5, 5.41) is 2.91. The molecule has 0 bridgehead atoms. The number of hydrogen-bond acceptors (Lipinski definition) is 1. The zero-order chi connectivity index (χ0) is 22.8. The Morgan fingerprint density at radius 1 is 0.848 bits per heavy atom. The van der Waals surface area contributed by atoms with Crippen molar-refractivity contribution in [2.75, 3.05) is 13.1 Å². The first-order valence-electron chi connectivity index (χ1n) is 11.6. The Bertz CT molecular complexity index is 1250. The van der Waals surface area contributed by atoms with E-state index in [0.717, 1.165) is 54.6 Å². The van der Waals surface area contributed by atoms with E-state index in [4.69, 9.17) is 23.2 Å². The summed E-state index contributed by atoms with van der Waals surface area (Å²) in [7, 11) is 0. The summed E-state index contributed by atoms with van der Waals surface area (Å²) < 4.78 is 2.41. The van der Waals surface area contributed by atoms with E-state index in [1.807, 2.05) is 24.3 Å². The smallest absolute Gasteiger partial charge is 0.0540 e. The first-order chi connectivity index (χ1) is 16.2. The number of aromatic nitrogens is 1. The van der Waals surface area contributed by atoms with Gasteiger partial charge >= 0.3 is 0 Å². The fraction of sp³-hybridized carbons (Fsp3) is 0.241. The van der Waals surface area contributed by atoms with Crippen LogP contribution in [0, 0.1) is 0 Å². The molecule has 2 nitrogen and oxygen atoms in total. The van der Waals surface area contributed by atoms with Crippen molar-refractivity contribution in [1.29, 1.82) is 0 Å².